The van der Waals surface area contributed by atoms with Crippen molar-refractivity contribution in [3.8, 4) is 11.8 Å². The van der Waals surface area contributed by atoms with Crippen LogP contribution in [0.4, 0.5) is 0 Å². The van der Waals surface area contributed by atoms with E-state index in [-0.39, 0.29) is 0 Å². The lowest BCUT2D eigenvalue weighted by Gasteiger charge is -1.87. The second kappa shape index (κ2) is 9.30. The van der Waals surface area contributed by atoms with E-state index in [9.17, 15) is 0 Å². The summed E-state index contributed by atoms with van der Waals surface area (Å²) in [6, 6.07) is 0. The van der Waals surface area contributed by atoms with E-state index in [4.69, 9.17) is 0 Å². The fourth-order valence-electron chi connectivity index (χ4n) is 0.801. The van der Waals surface area contributed by atoms with Gasteiger partial charge in [-0.05, 0) is 13.3 Å². The van der Waals surface area contributed by atoms with Crippen LogP contribution in [0.5, 0.6) is 0 Å². The molecule has 0 rings (SSSR count). The Morgan fingerprint density at radius 1 is 1.18 bits per heavy atom. The standard InChI is InChI=1S/C11H18/c1-3-5-7-9-11-10-8-6-4-2/h3,5H,4,6-8,10H2,1-2H3/b5-3+. The summed E-state index contributed by atoms with van der Waals surface area (Å²) in [4.78, 5) is 0. The molecule has 0 spiro atoms. The molecule has 0 aromatic carbocycles. The molecule has 0 radical (unpaired) electrons. The molecule has 0 aliphatic carbocycles. The summed E-state index contributed by atoms with van der Waals surface area (Å²) in [5.74, 6) is 6.26. The topological polar surface area (TPSA) is 0 Å². The Labute approximate surface area is 70.7 Å². The highest BCUT2D eigenvalue weighted by atomic mass is 13.8. The third kappa shape index (κ3) is 9.30. The average Bonchev–Trinajstić information content (AvgIpc) is 2.03. The molecule has 62 valence electrons. The Morgan fingerprint density at radius 3 is 2.64 bits per heavy atom. The minimum Gasteiger partial charge on any atom is -0.103 e. The van der Waals surface area contributed by atoms with E-state index in [1.807, 2.05) is 13.0 Å². The van der Waals surface area contributed by atoms with Gasteiger partial charge in [0.2, 0.25) is 0 Å². The van der Waals surface area contributed by atoms with E-state index in [0.717, 1.165) is 12.8 Å². The number of hydrogen-bond acceptors (Lipinski definition) is 0. The van der Waals surface area contributed by atoms with Gasteiger partial charge in [0.1, 0.15) is 0 Å². The molecule has 0 heterocycles. The first kappa shape index (κ1) is 10.3. The van der Waals surface area contributed by atoms with E-state index < -0.39 is 0 Å². The van der Waals surface area contributed by atoms with Crippen LogP contribution in [0.25, 0.3) is 0 Å². The van der Waals surface area contributed by atoms with Crippen molar-refractivity contribution >= 4 is 0 Å². The molecule has 0 bridgehead atoms. The predicted molar refractivity (Wildman–Crippen MR) is 51.3 cm³/mol. The van der Waals surface area contributed by atoms with Gasteiger partial charge >= 0.3 is 0 Å². The van der Waals surface area contributed by atoms with Crippen molar-refractivity contribution in [3.05, 3.63) is 12.2 Å². The molecule has 0 saturated heterocycles. The van der Waals surface area contributed by atoms with Gasteiger partial charge in [-0.15, -0.1) is 5.92 Å². The Morgan fingerprint density at radius 2 is 2.00 bits per heavy atom. The highest BCUT2D eigenvalue weighted by molar-refractivity contribution is 5.03. The van der Waals surface area contributed by atoms with Gasteiger partial charge in [-0.2, -0.15) is 0 Å². The summed E-state index contributed by atoms with van der Waals surface area (Å²) in [6.07, 6.45) is 10.00. The first-order valence-corrected chi connectivity index (χ1v) is 4.48. The van der Waals surface area contributed by atoms with Crippen molar-refractivity contribution in [2.75, 3.05) is 0 Å². The van der Waals surface area contributed by atoms with Crippen LogP contribution in [0.15, 0.2) is 12.2 Å². The summed E-state index contributed by atoms with van der Waals surface area (Å²) in [5, 5.41) is 0. The summed E-state index contributed by atoms with van der Waals surface area (Å²) in [5.41, 5.74) is 0. The maximum Gasteiger partial charge on any atom is 0.0269 e. The number of hydrogen-bond donors (Lipinski definition) is 0. The van der Waals surface area contributed by atoms with Gasteiger partial charge in [0, 0.05) is 12.8 Å². The normalized spacial score (nSPS) is 9.64. The molecule has 0 aromatic heterocycles. The summed E-state index contributed by atoms with van der Waals surface area (Å²) < 4.78 is 0. The molecule has 0 aliphatic rings. The van der Waals surface area contributed by atoms with Gasteiger partial charge in [0.15, 0.2) is 0 Å². The second-order valence-corrected chi connectivity index (χ2v) is 2.58. The van der Waals surface area contributed by atoms with Gasteiger partial charge in [-0.25, -0.2) is 0 Å². The Balaban J connectivity index is 3.12. The molecule has 11 heavy (non-hydrogen) atoms. The Hall–Kier alpha value is -0.700. The lowest BCUT2D eigenvalue weighted by molar-refractivity contribution is 0.737. The smallest absolute Gasteiger partial charge is 0.0269 e. The highest BCUT2D eigenvalue weighted by Crippen LogP contribution is 1.96. The van der Waals surface area contributed by atoms with Crippen molar-refractivity contribution in [2.45, 2.75) is 46.0 Å². The van der Waals surface area contributed by atoms with Crippen molar-refractivity contribution < 1.29 is 0 Å². The molecular weight excluding hydrogens is 132 g/mol. The van der Waals surface area contributed by atoms with Crippen LogP contribution in [0, 0.1) is 11.8 Å². The SMILES string of the molecule is C/C=C/CC#CCCCCC. The minimum absolute atomic E-state index is 0.919. The largest absolute Gasteiger partial charge is 0.103 e. The molecule has 0 fully saturated rings. The molecule has 0 N–H and O–H groups in total. The molecule has 0 amide bonds. The van der Waals surface area contributed by atoms with Crippen LogP contribution in [-0.4, -0.2) is 0 Å². The van der Waals surface area contributed by atoms with Crippen molar-refractivity contribution in [2.24, 2.45) is 0 Å². The quantitative estimate of drug-likeness (QED) is 0.327. The second-order valence-electron chi connectivity index (χ2n) is 2.58. The summed E-state index contributed by atoms with van der Waals surface area (Å²) in [7, 11) is 0. The Bertz CT molecular complexity index is 143. The van der Waals surface area contributed by atoms with Crippen LogP contribution in [0.1, 0.15) is 46.0 Å². The van der Waals surface area contributed by atoms with Gasteiger partial charge in [0.05, 0.1) is 0 Å². The lowest BCUT2D eigenvalue weighted by atomic mass is 10.2. The fraction of sp³-hybridized carbons (Fsp3) is 0.636. The van der Waals surface area contributed by atoms with Gasteiger partial charge in [-0.1, -0.05) is 37.8 Å². The average molecular weight is 150 g/mol. The number of rotatable bonds is 4. The fourth-order valence-corrected chi connectivity index (χ4v) is 0.801. The molecule has 0 unspecified atom stereocenters. The van der Waals surface area contributed by atoms with Crippen molar-refractivity contribution in [3.63, 3.8) is 0 Å². The zero-order valence-electron chi connectivity index (χ0n) is 7.69. The maximum absolute atomic E-state index is 3.15. The zero-order chi connectivity index (χ0) is 8.36. The van der Waals surface area contributed by atoms with Crippen LogP contribution in [0.2, 0.25) is 0 Å². The Kier molecular flexibility index (Phi) is 8.71. The number of allylic oxidation sites excluding steroid dienone is 2. The maximum atomic E-state index is 3.15. The molecule has 0 atom stereocenters. The van der Waals surface area contributed by atoms with E-state index in [1.54, 1.807) is 0 Å². The van der Waals surface area contributed by atoms with E-state index >= 15 is 0 Å². The first-order valence-electron chi connectivity index (χ1n) is 4.48. The third-order valence-corrected chi connectivity index (χ3v) is 1.49. The monoisotopic (exact) mass is 150 g/mol. The molecule has 0 heteroatoms. The minimum atomic E-state index is 0.919. The van der Waals surface area contributed by atoms with Crippen LogP contribution >= 0.6 is 0 Å². The van der Waals surface area contributed by atoms with Gasteiger partial charge in [-0.3, -0.25) is 0 Å². The number of unbranched alkanes of at least 4 members (excludes halogenated alkanes) is 3. The molecule has 0 nitrogen and oxygen atoms in total. The van der Waals surface area contributed by atoms with Gasteiger partial charge < -0.3 is 0 Å². The van der Waals surface area contributed by atoms with Crippen molar-refractivity contribution in [1.82, 2.24) is 0 Å². The molecule has 0 saturated carbocycles. The summed E-state index contributed by atoms with van der Waals surface area (Å²) >= 11 is 0. The predicted octanol–water partition coefficient (Wildman–Crippen LogP) is 3.54. The van der Waals surface area contributed by atoms with Crippen molar-refractivity contribution in [1.29, 1.82) is 0 Å². The third-order valence-electron chi connectivity index (χ3n) is 1.49. The summed E-state index contributed by atoms with van der Waals surface area (Å²) in [6.45, 7) is 4.24. The van der Waals surface area contributed by atoms with E-state index in [1.165, 1.54) is 19.3 Å². The molecule has 0 aliphatic heterocycles. The van der Waals surface area contributed by atoms with Crippen LogP contribution < -0.4 is 0 Å². The van der Waals surface area contributed by atoms with E-state index in [2.05, 4.69) is 24.8 Å². The molecule has 0 aromatic rings. The highest BCUT2D eigenvalue weighted by Gasteiger charge is 1.79. The zero-order valence-corrected chi connectivity index (χ0v) is 7.69. The van der Waals surface area contributed by atoms with Crippen LogP contribution in [-0.2, 0) is 0 Å². The molecular formula is C11H18. The first-order chi connectivity index (χ1) is 5.41. The van der Waals surface area contributed by atoms with E-state index in [0.29, 0.717) is 0 Å². The van der Waals surface area contributed by atoms with Crippen LogP contribution in [0.3, 0.4) is 0 Å². The lowest BCUT2D eigenvalue weighted by Crippen LogP contribution is -1.70. The van der Waals surface area contributed by atoms with Gasteiger partial charge in [0.25, 0.3) is 0 Å².